The minimum atomic E-state index is -0.376. The van der Waals surface area contributed by atoms with Gasteiger partial charge in [-0.1, -0.05) is 30.3 Å². The summed E-state index contributed by atoms with van der Waals surface area (Å²) in [6.45, 7) is 3.64. The topological polar surface area (TPSA) is 81.9 Å². The molecule has 2 N–H and O–H groups in total. The first kappa shape index (κ1) is 19.2. The lowest BCUT2D eigenvalue weighted by molar-refractivity contribution is 0.0528. The number of nitrogens with two attached hydrogens (primary N) is 1. The molecule has 0 unspecified atom stereocenters. The number of ether oxygens (including phenoxy) is 2. The quantitative estimate of drug-likeness (QED) is 0.782. The van der Waals surface area contributed by atoms with E-state index < -0.39 is 0 Å². The van der Waals surface area contributed by atoms with Crippen molar-refractivity contribution >= 4 is 28.4 Å². The Bertz CT molecular complexity index is 783. The Kier molecular flexibility index (Phi) is 6.34. The molecule has 144 valence electrons. The highest BCUT2D eigenvalue weighted by Crippen LogP contribution is 2.36. The fraction of sp³-hybridized carbons (Fsp3) is 0.400. The number of benzene rings is 1. The largest absolute Gasteiger partial charge is 0.462 e. The summed E-state index contributed by atoms with van der Waals surface area (Å²) >= 11 is 1.43. The number of likely N-dealkylation sites (tertiary alicyclic amines) is 1. The van der Waals surface area contributed by atoms with Crippen molar-refractivity contribution in [2.45, 2.75) is 32.3 Å². The van der Waals surface area contributed by atoms with E-state index in [2.05, 4.69) is 0 Å². The van der Waals surface area contributed by atoms with Crippen LogP contribution in [0.5, 0.6) is 0 Å². The van der Waals surface area contributed by atoms with Crippen LogP contribution in [0, 0.1) is 0 Å². The smallest absolute Gasteiger partial charge is 0.410 e. The van der Waals surface area contributed by atoms with Gasteiger partial charge in [0.25, 0.3) is 0 Å². The second-order valence-electron chi connectivity index (χ2n) is 6.45. The molecule has 7 heteroatoms. The Morgan fingerprint density at radius 3 is 2.56 bits per heavy atom. The molecule has 0 spiro atoms. The van der Waals surface area contributed by atoms with Crippen molar-refractivity contribution in [3.05, 3.63) is 52.4 Å². The molecule has 2 heterocycles. The van der Waals surface area contributed by atoms with E-state index in [-0.39, 0.29) is 18.7 Å². The lowest BCUT2D eigenvalue weighted by Gasteiger charge is -2.30. The second-order valence-corrected chi connectivity index (χ2v) is 7.56. The molecule has 27 heavy (non-hydrogen) atoms. The SMILES string of the molecule is CCOC(=O)c1cc(C2CCN(C(=O)OCc3ccccc3)CC2)sc1N. The Morgan fingerprint density at radius 2 is 1.89 bits per heavy atom. The molecule has 1 fully saturated rings. The van der Waals surface area contributed by atoms with Gasteiger partial charge in [0, 0.05) is 18.0 Å². The lowest BCUT2D eigenvalue weighted by atomic mass is 9.95. The van der Waals surface area contributed by atoms with Gasteiger partial charge in [0.05, 0.1) is 12.2 Å². The van der Waals surface area contributed by atoms with Crippen molar-refractivity contribution in [3.63, 3.8) is 0 Å². The summed E-state index contributed by atoms with van der Waals surface area (Å²) < 4.78 is 10.4. The number of hydrogen-bond donors (Lipinski definition) is 1. The summed E-state index contributed by atoms with van der Waals surface area (Å²) in [5.41, 5.74) is 7.40. The summed E-state index contributed by atoms with van der Waals surface area (Å²) in [5, 5.41) is 0.494. The predicted octanol–water partition coefficient (Wildman–Crippen LogP) is 4.02. The molecular formula is C20H24N2O4S. The number of hydrogen-bond acceptors (Lipinski definition) is 6. The van der Waals surface area contributed by atoms with Gasteiger partial charge >= 0.3 is 12.1 Å². The Hall–Kier alpha value is -2.54. The Labute approximate surface area is 162 Å². The maximum Gasteiger partial charge on any atom is 0.410 e. The maximum atomic E-state index is 12.3. The molecular weight excluding hydrogens is 364 g/mol. The minimum Gasteiger partial charge on any atom is -0.462 e. The number of anilines is 1. The molecule has 1 saturated heterocycles. The van der Waals surface area contributed by atoms with Crippen molar-refractivity contribution in [1.82, 2.24) is 4.90 Å². The predicted molar refractivity (Wildman–Crippen MR) is 105 cm³/mol. The van der Waals surface area contributed by atoms with Crippen molar-refractivity contribution in [2.24, 2.45) is 0 Å². The van der Waals surface area contributed by atoms with Gasteiger partial charge in [-0.3, -0.25) is 0 Å². The molecule has 1 aromatic carbocycles. The first-order valence-electron chi connectivity index (χ1n) is 9.10. The van der Waals surface area contributed by atoms with Crippen LogP contribution >= 0.6 is 11.3 Å². The van der Waals surface area contributed by atoms with E-state index in [4.69, 9.17) is 15.2 Å². The second kappa shape index (κ2) is 8.90. The highest BCUT2D eigenvalue weighted by atomic mass is 32.1. The monoisotopic (exact) mass is 388 g/mol. The standard InChI is InChI=1S/C20H24N2O4S/c1-2-25-19(23)16-12-17(27-18(16)21)15-8-10-22(11-9-15)20(24)26-13-14-6-4-3-5-7-14/h3-7,12,15H,2,8-11,13,21H2,1H3. The zero-order valence-electron chi connectivity index (χ0n) is 15.3. The number of nitrogens with zero attached hydrogens (tertiary/aromatic N) is 1. The third-order valence-electron chi connectivity index (χ3n) is 4.64. The van der Waals surface area contributed by atoms with Crippen LogP contribution in [-0.2, 0) is 16.1 Å². The first-order chi connectivity index (χ1) is 13.1. The van der Waals surface area contributed by atoms with Gasteiger partial charge in [-0.05, 0) is 37.3 Å². The van der Waals surface area contributed by atoms with Crippen molar-refractivity contribution in [3.8, 4) is 0 Å². The minimum absolute atomic E-state index is 0.282. The average Bonchev–Trinajstić information content (AvgIpc) is 3.09. The number of esters is 1. The number of thiophene rings is 1. The van der Waals surface area contributed by atoms with Crippen LogP contribution in [0.25, 0.3) is 0 Å². The summed E-state index contributed by atoms with van der Waals surface area (Å²) in [4.78, 5) is 27.0. The summed E-state index contributed by atoms with van der Waals surface area (Å²) in [5.74, 6) is -0.0851. The van der Waals surface area contributed by atoms with E-state index in [9.17, 15) is 9.59 Å². The van der Waals surface area contributed by atoms with Crippen LogP contribution in [-0.4, -0.2) is 36.7 Å². The van der Waals surface area contributed by atoms with Gasteiger partial charge in [-0.2, -0.15) is 0 Å². The van der Waals surface area contributed by atoms with Crippen molar-refractivity contribution in [1.29, 1.82) is 0 Å². The number of carbonyl (C=O) groups is 2. The zero-order valence-corrected chi connectivity index (χ0v) is 16.2. The number of carbonyl (C=O) groups excluding carboxylic acids is 2. The molecule has 2 aromatic rings. The average molecular weight is 388 g/mol. The van der Waals surface area contributed by atoms with Gasteiger partial charge in [-0.25, -0.2) is 9.59 Å². The number of amides is 1. The molecule has 1 aliphatic heterocycles. The van der Waals surface area contributed by atoms with E-state index in [1.807, 2.05) is 36.4 Å². The Balaban J connectivity index is 1.52. The van der Waals surface area contributed by atoms with Crippen LogP contribution in [0.3, 0.4) is 0 Å². The number of piperidine rings is 1. The molecule has 6 nitrogen and oxygen atoms in total. The summed E-state index contributed by atoms with van der Waals surface area (Å²) in [6.07, 6.45) is 1.36. The number of nitrogen functional groups attached to an aromatic ring is 1. The third-order valence-corrected chi connectivity index (χ3v) is 5.76. The molecule has 3 rings (SSSR count). The normalized spacial score (nSPS) is 14.8. The van der Waals surface area contributed by atoms with Gasteiger partial charge in [0.1, 0.15) is 11.6 Å². The first-order valence-corrected chi connectivity index (χ1v) is 9.92. The van der Waals surface area contributed by atoms with Crippen LogP contribution in [0.4, 0.5) is 9.80 Å². The fourth-order valence-electron chi connectivity index (χ4n) is 3.15. The molecule has 1 aromatic heterocycles. The van der Waals surface area contributed by atoms with Gasteiger partial charge in [0.15, 0.2) is 0 Å². The third kappa shape index (κ3) is 4.80. The van der Waals surface area contributed by atoms with Gasteiger partial charge in [0.2, 0.25) is 0 Å². The molecule has 0 aliphatic carbocycles. The molecule has 0 saturated carbocycles. The van der Waals surface area contributed by atoms with Crippen LogP contribution in [0.1, 0.15) is 46.5 Å². The van der Waals surface area contributed by atoms with E-state index in [1.54, 1.807) is 11.8 Å². The molecule has 0 bridgehead atoms. The van der Waals surface area contributed by atoms with Crippen LogP contribution in [0.15, 0.2) is 36.4 Å². The Morgan fingerprint density at radius 1 is 1.19 bits per heavy atom. The molecule has 1 aliphatic rings. The molecule has 1 amide bonds. The van der Waals surface area contributed by atoms with Crippen LogP contribution < -0.4 is 5.73 Å². The van der Waals surface area contributed by atoms with E-state index >= 15 is 0 Å². The van der Waals surface area contributed by atoms with E-state index in [1.165, 1.54) is 11.3 Å². The molecule has 0 atom stereocenters. The van der Waals surface area contributed by atoms with E-state index in [0.29, 0.717) is 36.2 Å². The van der Waals surface area contributed by atoms with Crippen LogP contribution in [0.2, 0.25) is 0 Å². The van der Waals surface area contributed by atoms with E-state index in [0.717, 1.165) is 23.3 Å². The fourth-order valence-corrected chi connectivity index (χ4v) is 4.24. The zero-order chi connectivity index (χ0) is 19.2. The van der Waals surface area contributed by atoms with Gasteiger partial charge < -0.3 is 20.1 Å². The summed E-state index contributed by atoms with van der Waals surface area (Å²) in [7, 11) is 0. The maximum absolute atomic E-state index is 12.3. The van der Waals surface area contributed by atoms with Crippen molar-refractivity contribution < 1.29 is 19.1 Å². The van der Waals surface area contributed by atoms with Crippen molar-refractivity contribution in [2.75, 3.05) is 25.4 Å². The summed E-state index contributed by atoms with van der Waals surface area (Å²) in [6, 6.07) is 11.5. The number of rotatable bonds is 5. The lowest BCUT2D eigenvalue weighted by Crippen LogP contribution is -2.38. The highest BCUT2D eigenvalue weighted by Gasteiger charge is 2.27. The highest BCUT2D eigenvalue weighted by molar-refractivity contribution is 7.16. The molecule has 0 radical (unpaired) electrons. The van der Waals surface area contributed by atoms with Gasteiger partial charge in [-0.15, -0.1) is 11.3 Å².